The summed E-state index contributed by atoms with van der Waals surface area (Å²) in [6, 6.07) is 0. The van der Waals surface area contributed by atoms with Crippen LogP contribution in [0.3, 0.4) is 0 Å². The van der Waals surface area contributed by atoms with Gasteiger partial charge in [0.05, 0.1) is 0 Å². The Balaban J connectivity index is 0.000000117. The molecule has 506 valence electrons. The fourth-order valence-electron chi connectivity index (χ4n) is 26.4. The molecule has 0 radical (unpaired) electrons. The van der Waals surface area contributed by atoms with E-state index in [1.54, 1.807) is 167 Å². The minimum atomic E-state index is 0.935. The standard InChI is InChI=1S/C13H22.C11H20.2C10H18.2C9H16.C9H18.C8H14.C8H16/c1-8(2)13-11-4-9-3-10(6-11)7-12(13)5-9;1-8(2)11-7-9-3-5-10(11)6-4-9;1-7(2)10-6-8-3-4-9(10)5-8;1-7(2)10-8-3-4-9(10)6-5-8;1-6(2)9-5-7-3-8(9)4-7;1-6(2)9-7-3-4-8(9)5-7;1-8(2)9-6-4-3-5-7-9;1-5(2)8-6-3-7(8)4-6;1-7(2)8-5-3-4-6-8/h8-13H,3-7H2,1-2H3;8-11H,3-7H2,1-2H3;2*7-10H,3-6H2,1-2H3;2*6-9H,3-5H2,1-2H3;8-9H,3-7H2,1-2H3;5-8H,3-4H2,1-2H3;7-8H,3-6H2,1-2H3. The second-order valence-electron chi connectivity index (χ2n) is 39.4. The molecular weight excluding hydrogens is 1040 g/mol. The van der Waals surface area contributed by atoms with Crippen LogP contribution in [0.25, 0.3) is 0 Å². The van der Waals surface area contributed by atoms with Crippen molar-refractivity contribution in [3.63, 3.8) is 0 Å². The first-order valence-electron chi connectivity index (χ1n) is 41.5. The van der Waals surface area contributed by atoms with Crippen LogP contribution in [0.2, 0.25) is 0 Å². The fraction of sp³-hybridized carbons (Fsp3) is 1.00. The SMILES string of the molecule is CC(C)C1C2CC1C2.CC(C)C1C2CC3CC(C2)CC1C3.CC(C)C1C2CCC1C2.CC(C)C1C2CCC1CC2.CC(C)C1CC2CC1C2.CC(C)C1CC2CCC1C2.CC(C)C1CC2CCC1CC2.CC(C)C1CCCC1.CC(C)C1CCCCC1. The zero-order chi connectivity index (χ0) is 62.4. The summed E-state index contributed by atoms with van der Waals surface area (Å²) in [6.07, 6.45) is 54.1. The van der Waals surface area contributed by atoms with Gasteiger partial charge in [-0.05, 0) is 349 Å². The summed E-state index contributed by atoms with van der Waals surface area (Å²) in [7, 11) is 0. The van der Waals surface area contributed by atoms with Crippen LogP contribution in [0.15, 0.2) is 0 Å². The topological polar surface area (TPSA) is 0 Å². The van der Waals surface area contributed by atoms with E-state index in [-0.39, 0.29) is 0 Å². The second-order valence-corrected chi connectivity index (χ2v) is 39.4. The van der Waals surface area contributed by atoms with E-state index in [2.05, 4.69) is 125 Å². The number of hydrogen-bond acceptors (Lipinski definition) is 0. The Hall–Kier alpha value is 0. The van der Waals surface area contributed by atoms with Crippen molar-refractivity contribution in [3.8, 4) is 0 Å². The number of rotatable bonds is 9. The first-order chi connectivity index (χ1) is 41.5. The molecule has 0 aromatic rings. The van der Waals surface area contributed by atoms with Gasteiger partial charge in [0.2, 0.25) is 0 Å². The summed E-state index contributed by atoms with van der Waals surface area (Å²) in [6.45, 7) is 43.0. The van der Waals surface area contributed by atoms with Crippen LogP contribution in [0.4, 0.5) is 0 Å². The lowest BCUT2D eigenvalue weighted by Crippen LogP contribution is -2.52. The Labute approximate surface area is 547 Å². The first kappa shape index (κ1) is 71.3. The summed E-state index contributed by atoms with van der Waals surface area (Å²) >= 11 is 0. The highest BCUT2D eigenvalue weighted by Crippen LogP contribution is 2.62. The average molecular weight is 1200 g/mol. The molecule has 16 bridgehead atoms. The van der Waals surface area contributed by atoms with Gasteiger partial charge in [-0.15, -0.1) is 0 Å². The number of fused-ring (bicyclic) bond motifs is 9. The van der Waals surface area contributed by atoms with E-state index in [1.165, 1.54) is 69.6 Å². The zero-order valence-electron chi connectivity index (χ0n) is 62.4. The Morgan fingerprint density at radius 3 is 0.678 bits per heavy atom. The van der Waals surface area contributed by atoms with Gasteiger partial charge >= 0.3 is 0 Å². The smallest absolute Gasteiger partial charge is 0.0334 e. The molecule has 0 aromatic carbocycles. The second kappa shape index (κ2) is 33.1. The van der Waals surface area contributed by atoms with Gasteiger partial charge in [-0.25, -0.2) is 0 Å². The van der Waals surface area contributed by atoms with E-state index in [1.807, 2.05) is 0 Å². The highest BCUT2D eigenvalue weighted by molar-refractivity contribution is 5.03. The Bertz CT molecular complexity index is 1800. The Kier molecular flexibility index (Phi) is 27.1. The van der Waals surface area contributed by atoms with Gasteiger partial charge < -0.3 is 0 Å². The summed E-state index contributed by atoms with van der Waals surface area (Å²) in [5.41, 5.74) is 0. The molecule has 22 aliphatic rings. The summed E-state index contributed by atoms with van der Waals surface area (Å²) in [4.78, 5) is 0. The van der Waals surface area contributed by atoms with Crippen LogP contribution in [0.1, 0.15) is 349 Å². The van der Waals surface area contributed by atoms with Crippen molar-refractivity contribution >= 4 is 0 Å². The third-order valence-electron chi connectivity index (χ3n) is 31.1. The molecule has 7 unspecified atom stereocenters. The van der Waals surface area contributed by atoms with E-state index >= 15 is 0 Å². The van der Waals surface area contributed by atoms with E-state index in [4.69, 9.17) is 0 Å². The van der Waals surface area contributed by atoms with Gasteiger partial charge in [-0.2, -0.15) is 0 Å². The molecule has 22 rings (SSSR count). The highest BCUT2D eigenvalue weighted by Gasteiger charge is 2.53. The van der Waals surface area contributed by atoms with Gasteiger partial charge in [-0.1, -0.05) is 202 Å². The molecule has 0 N–H and O–H groups in total. The van der Waals surface area contributed by atoms with Crippen LogP contribution in [0.5, 0.6) is 0 Å². The van der Waals surface area contributed by atoms with Gasteiger partial charge in [-0.3, -0.25) is 0 Å². The molecule has 22 fully saturated rings. The highest BCUT2D eigenvalue weighted by atomic mass is 14.6. The van der Waals surface area contributed by atoms with E-state index in [0.717, 1.165) is 189 Å². The molecular formula is C87H158. The van der Waals surface area contributed by atoms with Crippen molar-refractivity contribution < 1.29 is 0 Å². The lowest BCUT2D eigenvalue weighted by molar-refractivity contribution is -0.107. The van der Waals surface area contributed by atoms with Gasteiger partial charge in [0.15, 0.2) is 0 Å². The van der Waals surface area contributed by atoms with Crippen molar-refractivity contribution in [3.05, 3.63) is 0 Å². The molecule has 0 heteroatoms. The third-order valence-corrected chi connectivity index (χ3v) is 31.1. The maximum Gasteiger partial charge on any atom is -0.0334 e. The minimum absolute atomic E-state index is 0.935. The van der Waals surface area contributed by atoms with Crippen LogP contribution in [0, 0.1) is 201 Å². The molecule has 0 aromatic heterocycles. The maximum absolute atomic E-state index is 2.45. The quantitative estimate of drug-likeness (QED) is 0.216. The van der Waals surface area contributed by atoms with Crippen molar-refractivity contribution in [2.45, 2.75) is 349 Å². The molecule has 0 aliphatic heterocycles. The molecule has 22 saturated carbocycles. The largest absolute Gasteiger partial charge is 0.0625 e. The maximum atomic E-state index is 2.45. The van der Waals surface area contributed by atoms with E-state index < -0.39 is 0 Å². The van der Waals surface area contributed by atoms with Gasteiger partial charge in [0.1, 0.15) is 0 Å². The molecule has 87 heavy (non-hydrogen) atoms. The molecule has 0 spiro atoms. The van der Waals surface area contributed by atoms with Crippen molar-refractivity contribution in [2.24, 2.45) is 201 Å². The van der Waals surface area contributed by atoms with Crippen molar-refractivity contribution in [2.75, 3.05) is 0 Å². The van der Waals surface area contributed by atoms with E-state index in [0.29, 0.717) is 0 Å². The van der Waals surface area contributed by atoms with Crippen LogP contribution >= 0.6 is 0 Å². The van der Waals surface area contributed by atoms with Gasteiger partial charge in [0, 0.05) is 0 Å². The lowest BCUT2D eigenvalue weighted by atomic mass is 9.45. The van der Waals surface area contributed by atoms with Crippen LogP contribution < -0.4 is 0 Å². The first-order valence-corrected chi connectivity index (χ1v) is 41.5. The zero-order valence-corrected chi connectivity index (χ0v) is 62.4. The van der Waals surface area contributed by atoms with Gasteiger partial charge in [0.25, 0.3) is 0 Å². The van der Waals surface area contributed by atoms with Crippen molar-refractivity contribution in [1.82, 2.24) is 0 Å². The molecule has 7 atom stereocenters. The van der Waals surface area contributed by atoms with Crippen LogP contribution in [-0.4, -0.2) is 0 Å². The van der Waals surface area contributed by atoms with E-state index in [9.17, 15) is 0 Å². The molecule has 0 nitrogen and oxygen atoms in total. The Morgan fingerprint density at radius 1 is 0.161 bits per heavy atom. The summed E-state index contributed by atoms with van der Waals surface area (Å²) in [5.74, 6) is 36.8. The average Bonchev–Trinajstić information content (AvgIpc) is 1.77. The summed E-state index contributed by atoms with van der Waals surface area (Å²) < 4.78 is 0. The minimum Gasteiger partial charge on any atom is -0.0625 e. The fourth-order valence-corrected chi connectivity index (χ4v) is 26.4. The molecule has 0 saturated heterocycles. The Morgan fingerprint density at radius 2 is 0.437 bits per heavy atom. The molecule has 22 aliphatic carbocycles. The predicted molar refractivity (Wildman–Crippen MR) is 382 cm³/mol. The number of hydrogen-bond donors (Lipinski definition) is 0. The monoisotopic (exact) mass is 1200 g/mol. The van der Waals surface area contributed by atoms with Crippen LogP contribution in [-0.2, 0) is 0 Å². The predicted octanol–water partition coefficient (Wildman–Crippen LogP) is 27.1. The normalized spacial score (nSPS) is 42.9. The molecule has 0 heterocycles. The lowest BCUT2D eigenvalue weighted by Gasteiger charge is -2.60. The third kappa shape index (κ3) is 18.5. The summed E-state index contributed by atoms with van der Waals surface area (Å²) in [5, 5.41) is 0. The van der Waals surface area contributed by atoms with Crippen molar-refractivity contribution in [1.29, 1.82) is 0 Å². The molecule has 0 amide bonds.